The Morgan fingerprint density at radius 3 is 2.26 bits per heavy atom. The maximum Gasteiger partial charge on any atom is 0.363 e. The number of imide groups is 1. The summed E-state index contributed by atoms with van der Waals surface area (Å²) in [6.07, 6.45) is 0. The van der Waals surface area contributed by atoms with Gasteiger partial charge in [0.1, 0.15) is 0 Å². The van der Waals surface area contributed by atoms with Crippen molar-refractivity contribution in [3.8, 4) is 0 Å². The summed E-state index contributed by atoms with van der Waals surface area (Å²) in [5.74, 6) is -2.07. The second-order valence-electron chi connectivity index (χ2n) is 4.96. The minimum atomic E-state index is -0.780. The molecule has 2 aromatic carbocycles. The predicted octanol–water partition coefficient (Wildman–Crippen LogP) is 2.20. The summed E-state index contributed by atoms with van der Waals surface area (Å²) in [5, 5.41) is 0.496. The molecule has 3 rings (SSSR count). The Hall–Kier alpha value is -2.99. The fraction of sp³-hybridized carbons (Fsp3) is 0.118. The molecule has 0 aromatic heterocycles. The molecule has 0 unspecified atom stereocenters. The first-order valence-corrected chi connectivity index (χ1v) is 6.90. The smallest absolute Gasteiger partial charge is 0.363 e. The maximum atomic E-state index is 12.2. The Balaban J connectivity index is 1.80. The Bertz CT molecular complexity index is 764. The molecule has 2 amide bonds. The minimum absolute atomic E-state index is 0.221. The van der Waals surface area contributed by atoms with Crippen LogP contribution in [-0.2, 0) is 16.2 Å². The van der Waals surface area contributed by atoms with Gasteiger partial charge in [-0.1, -0.05) is 29.3 Å². The van der Waals surface area contributed by atoms with Gasteiger partial charge in [-0.3, -0.25) is 9.59 Å². The number of benzene rings is 2. The van der Waals surface area contributed by atoms with Gasteiger partial charge in [0.25, 0.3) is 11.8 Å². The quantitative estimate of drug-likeness (QED) is 0.809. The molecule has 2 aromatic rings. The number of fused-ring (bicyclic) bond motifs is 1. The van der Waals surface area contributed by atoms with E-state index in [1.54, 1.807) is 43.5 Å². The van der Waals surface area contributed by atoms with Gasteiger partial charge in [0, 0.05) is 7.11 Å². The summed E-state index contributed by atoms with van der Waals surface area (Å²) >= 11 is 0. The number of methoxy groups -OCH3 is 1. The standard InChI is InChI=1S/C17H13NO5/c1-22-10-11-5-4-6-12(9-11)17(21)23-18-15(19)13-7-2-3-8-14(13)16(18)20/h2-9H,10H2,1H3. The van der Waals surface area contributed by atoms with E-state index in [9.17, 15) is 14.4 Å². The zero-order valence-corrected chi connectivity index (χ0v) is 12.3. The van der Waals surface area contributed by atoms with Gasteiger partial charge in [-0.25, -0.2) is 4.79 Å². The molecule has 0 spiro atoms. The number of hydrogen-bond acceptors (Lipinski definition) is 5. The molecule has 1 aliphatic heterocycles. The van der Waals surface area contributed by atoms with Crippen molar-refractivity contribution in [1.29, 1.82) is 0 Å². The van der Waals surface area contributed by atoms with Crippen LogP contribution in [0.3, 0.4) is 0 Å². The van der Waals surface area contributed by atoms with Crippen LogP contribution < -0.4 is 0 Å². The van der Waals surface area contributed by atoms with E-state index >= 15 is 0 Å². The molecule has 0 saturated heterocycles. The zero-order valence-electron chi connectivity index (χ0n) is 12.3. The number of hydroxylamine groups is 2. The van der Waals surface area contributed by atoms with E-state index in [0.717, 1.165) is 5.56 Å². The maximum absolute atomic E-state index is 12.2. The number of carbonyl (C=O) groups excluding carboxylic acids is 3. The second-order valence-corrected chi connectivity index (χ2v) is 4.96. The van der Waals surface area contributed by atoms with Crippen molar-refractivity contribution in [2.24, 2.45) is 0 Å². The first kappa shape index (κ1) is 14.9. The topological polar surface area (TPSA) is 72.9 Å². The summed E-state index contributed by atoms with van der Waals surface area (Å²) in [6, 6.07) is 12.9. The van der Waals surface area contributed by atoms with Crippen LogP contribution in [0.4, 0.5) is 0 Å². The molecule has 0 aliphatic carbocycles. The SMILES string of the molecule is COCc1cccc(C(=O)ON2C(=O)c3ccccc3C2=O)c1. The highest BCUT2D eigenvalue weighted by Gasteiger charge is 2.38. The van der Waals surface area contributed by atoms with Crippen molar-refractivity contribution in [2.45, 2.75) is 6.61 Å². The van der Waals surface area contributed by atoms with Gasteiger partial charge in [0.05, 0.1) is 23.3 Å². The fourth-order valence-corrected chi connectivity index (χ4v) is 2.34. The molecule has 116 valence electrons. The van der Waals surface area contributed by atoms with Crippen LogP contribution in [0.2, 0.25) is 0 Å². The molecular weight excluding hydrogens is 298 g/mol. The van der Waals surface area contributed by atoms with Crippen LogP contribution in [-0.4, -0.2) is 30.0 Å². The molecule has 23 heavy (non-hydrogen) atoms. The number of rotatable bonds is 4. The molecule has 6 heteroatoms. The molecule has 1 aliphatic rings. The molecule has 0 saturated carbocycles. The molecule has 1 heterocycles. The van der Waals surface area contributed by atoms with Crippen molar-refractivity contribution in [1.82, 2.24) is 5.06 Å². The highest BCUT2D eigenvalue weighted by Crippen LogP contribution is 2.23. The second kappa shape index (κ2) is 6.02. The van der Waals surface area contributed by atoms with E-state index in [1.807, 2.05) is 0 Å². The van der Waals surface area contributed by atoms with E-state index < -0.39 is 17.8 Å². The van der Waals surface area contributed by atoms with Gasteiger partial charge >= 0.3 is 5.97 Å². The summed E-state index contributed by atoms with van der Waals surface area (Å²) in [4.78, 5) is 41.5. The molecule has 0 radical (unpaired) electrons. The summed E-state index contributed by atoms with van der Waals surface area (Å²) in [7, 11) is 1.55. The largest absolute Gasteiger partial charge is 0.380 e. The lowest BCUT2D eigenvalue weighted by Gasteiger charge is -2.13. The summed E-state index contributed by atoms with van der Waals surface area (Å²) in [5.41, 5.74) is 1.46. The molecule has 0 atom stereocenters. The average molecular weight is 311 g/mol. The Kier molecular flexibility index (Phi) is 3.91. The average Bonchev–Trinajstić information content (AvgIpc) is 2.81. The first-order valence-electron chi connectivity index (χ1n) is 6.90. The van der Waals surface area contributed by atoms with Gasteiger partial charge < -0.3 is 9.57 Å². The van der Waals surface area contributed by atoms with Crippen LogP contribution in [0.25, 0.3) is 0 Å². The number of hydrogen-bond donors (Lipinski definition) is 0. The van der Waals surface area contributed by atoms with E-state index in [2.05, 4.69) is 0 Å². The predicted molar refractivity (Wildman–Crippen MR) is 79.5 cm³/mol. The third kappa shape index (κ3) is 2.72. The highest BCUT2D eigenvalue weighted by atomic mass is 16.7. The van der Waals surface area contributed by atoms with Crippen molar-refractivity contribution in [3.05, 3.63) is 70.8 Å². The van der Waals surface area contributed by atoms with Gasteiger partial charge in [0.15, 0.2) is 0 Å². The van der Waals surface area contributed by atoms with Crippen molar-refractivity contribution in [2.75, 3.05) is 7.11 Å². The minimum Gasteiger partial charge on any atom is -0.380 e. The molecule has 6 nitrogen and oxygen atoms in total. The van der Waals surface area contributed by atoms with Gasteiger partial charge in [-0.05, 0) is 29.8 Å². The first-order chi connectivity index (χ1) is 11.1. The number of amides is 2. The Morgan fingerprint density at radius 2 is 1.65 bits per heavy atom. The number of nitrogens with zero attached hydrogens (tertiary/aromatic N) is 1. The zero-order chi connectivity index (χ0) is 16.4. The van der Waals surface area contributed by atoms with Crippen LogP contribution in [0.15, 0.2) is 48.5 Å². The summed E-state index contributed by atoms with van der Waals surface area (Å²) in [6.45, 7) is 0.341. The van der Waals surface area contributed by atoms with Crippen LogP contribution in [0.1, 0.15) is 36.6 Å². The Labute approximate surface area is 132 Å². The lowest BCUT2D eigenvalue weighted by molar-refractivity contribution is -0.0584. The molecule has 0 bridgehead atoms. The molecular formula is C17H13NO5. The Morgan fingerprint density at radius 1 is 1.00 bits per heavy atom. The van der Waals surface area contributed by atoms with Crippen molar-refractivity contribution < 1.29 is 24.0 Å². The van der Waals surface area contributed by atoms with Crippen LogP contribution in [0, 0.1) is 0 Å². The third-order valence-corrected chi connectivity index (χ3v) is 3.40. The highest BCUT2D eigenvalue weighted by molar-refractivity contribution is 6.21. The van der Waals surface area contributed by atoms with Crippen molar-refractivity contribution >= 4 is 17.8 Å². The lowest BCUT2D eigenvalue weighted by atomic mass is 10.1. The van der Waals surface area contributed by atoms with Gasteiger partial charge in [-0.2, -0.15) is 0 Å². The normalized spacial score (nSPS) is 13.2. The third-order valence-electron chi connectivity index (χ3n) is 3.40. The van der Waals surface area contributed by atoms with E-state index in [0.29, 0.717) is 11.7 Å². The molecule has 0 fully saturated rings. The fourth-order valence-electron chi connectivity index (χ4n) is 2.34. The van der Waals surface area contributed by atoms with E-state index in [4.69, 9.17) is 9.57 Å². The van der Waals surface area contributed by atoms with Gasteiger partial charge in [-0.15, -0.1) is 0 Å². The van der Waals surface area contributed by atoms with E-state index in [-0.39, 0.29) is 16.7 Å². The lowest BCUT2D eigenvalue weighted by Crippen LogP contribution is -2.32. The molecule has 0 N–H and O–H groups in total. The van der Waals surface area contributed by atoms with Crippen molar-refractivity contribution in [3.63, 3.8) is 0 Å². The monoisotopic (exact) mass is 311 g/mol. The summed E-state index contributed by atoms with van der Waals surface area (Å²) < 4.78 is 5.00. The van der Waals surface area contributed by atoms with E-state index in [1.165, 1.54) is 12.1 Å². The van der Waals surface area contributed by atoms with Crippen LogP contribution >= 0.6 is 0 Å². The number of carbonyl (C=O) groups is 3. The van der Waals surface area contributed by atoms with Gasteiger partial charge in [0.2, 0.25) is 0 Å². The van der Waals surface area contributed by atoms with Crippen LogP contribution in [0.5, 0.6) is 0 Å². The number of ether oxygens (including phenoxy) is 1.